The molecule has 38 heavy (non-hydrogen) atoms. The molecule has 0 spiro atoms. The van der Waals surface area contributed by atoms with Gasteiger partial charge in [-0.05, 0) is 73.0 Å². The van der Waals surface area contributed by atoms with E-state index in [-0.39, 0.29) is 29.0 Å². The van der Waals surface area contributed by atoms with Gasteiger partial charge in [-0.25, -0.2) is 0 Å². The van der Waals surface area contributed by atoms with Crippen LogP contribution in [0.5, 0.6) is 0 Å². The van der Waals surface area contributed by atoms with Crippen LogP contribution in [-0.4, -0.2) is 49.9 Å². The molecule has 198 valence electrons. The van der Waals surface area contributed by atoms with Crippen LogP contribution in [0.1, 0.15) is 35.2 Å². The average molecular weight is 563 g/mol. The first-order chi connectivity index (χ1) is 18.0. The van der Waals surface area contributed by atoms with Gasteiger partial charge in [-0.2, -0.15) is 23.3 Å². The van der Waals surface area contributed by atoms with Crippen molar-refractivity contribution in [2.75, 3.05) is 13.1 Å². The van der Waals surface area contributed by atoms with Crippen molar-refractivity contribution in [3.63, 3.8) is 0 Å². The van der Waals surface area contributed by atoms with Gasteiger partial charge in [0.15, 0.2) is 5.17 Å². The molecule has 0 atom stereocenters. The summed E-state index contributed by atoms with van der Waals surface area (Å²) in [4.78, 5) is 30.3. The van der Waals surface area contributed by atoms with E-state index in [0.29, 0.717) is 47.2 Å². The number of carbonyl (C=O) groups is 2. The van der Waals surface area contributed by atoms with E-state index in [9.17, 15) is 27.9 Å². The third-order valence-corrected chi connectivity index (χ3v) is 7.96. The number of nitrogens with zero attached hydrogens (tertiary/aromatic N) is 4. The zero-order chi connectivity index (χ0) is 27.2. The number of carboxylic acid groups (broad SMARTS) is 1. The molecule has 0 bridgehead atoms. The van der Waals surface area contributed by atoms with Crippen molar-refractivity contribution in [3.8, 4) is 0 Å². The zero-order valence-electron chi connectivity index (χ0n) is 20.1. The van der Waals surface area contributed by atoms with Crippen LogP contribution in [0.2, 0.25) is 5.02 Å². The Morgan fingerprint density at radius 2 is 1.95 bits per heavy atom. The van der Waals surface area contributed by atoms with Crippen molar-refractivity contribution >= 4 is 57.4 Å². The summed E-state index contributed by atoms with van der Waals surface area (Å²) in [5.41, 5.74) is 1.30. The van der Waals surface area contributed by atoms with Gasteiger partial charge in [0.1, 0.15) is 0 Å². The number of halogens is 4. The Morgan fingerprint density at radius 3 is 2.63 bits per heavy atom. The number of aliphatic imine (C=N–C) groups is 1. The number of piperidine rings is 1. The molecule has 1 amide bonds. The SMILES string of the molecule is Cc1nn(Cc2ccc(Cl)cc2C(F)(F)F)c2ccc(/C=C3/SC(N4CCC(C(=O)O)CC4)=NC3=O)cc12. The topological polar surface area (TPSA) is 87.8 Å². The molecule has 2 aromatic carbocycles. The number of thioether (sulfide) groups is 1. The number of fused-ring (bicyclic) bond motifs is 1. The first-order valence-electron chi connectivity index (χ1n) is 11.8. The lowest BCUT2D eigenvalue weighted by Crippen LogP contribution is -2.38. The summed E-state index contributed by atoms with van der Waals surface area (Å²) in [6.45, 7) is 2.75. The van der Waals surface area contributed by atoms with Crippen LogP contribution in [0, 0.1) is 12.8 Å². The quantitative estimate of drug-likeness (QED) is 0.402. The lowest BCUT2D eigenvalue weighted by atomic mass is 9.98. The molecule has 1 aromatic heterocycles. The fourth-order valence-electron chi connectivity index (χ4n) is 4.68. The Labute approximate surface area is 225 Å². The Morgan fingerprint density at radius 1 is 1.21 bits per heavy atom. The summed E-state index contributed by atoms with van der Waals surface area (Å²) in [6.07, 6.45) is -1.81. The fraction of sp³-hybridized carbons (Fsp3) is 0.308. The highest BCUT2D eigenvalue weighted by molar-refractivity contribution is 8.18. The monoisotopic (exact) mass is 562 g/mol. The third-order valence-electron chi connectivity index (χ3n) is 6.68. The second-order valence-electron chi connectivity index (χ2n) is 9.23. The van der Waals surface area contributed by atoms with Gasteiger partial charge in [-0.1, -0.05) is 23.7 Å². The molecule has 7 nitrogen and oxygen atoms in total. The Balaban J connectivity index is 1.36. The van der Waals surface area contributed by atoms with Crippen LogP contribution in [0.25, 0.3) is 17.0 Å². The Bertz CT molecular complexity index is 1510. The van der Waals surface area contributed by atoms with Crippen LogP contribution < -0.4 is 0 Å². The van der Waals surface area contributed by atoms with Gasteiger partial charge in [0.25, 0.3) is 5.91 Å². The number of hydrogen-bond donors (Lipinski definition) is 1. The standard InChI is InChI=1S/C26H22ClF3N4O3S/c1-14-19-10-15(11-22-23(35)31-25(38-22)33-8-6-16(7-9-33)24(36)37)2-5-21(19)34(32-14)13-17-3-4-18(27)12-20(17)26(28,29)30/h2-5,10-12,16H,6-9,13H2,1H3,(H,36,37)/b22-11+. The lowest BCUT2D eigenvalue weighted by Gasteiger charge is -2.30. The van der Waals surface area contributed by atoms with Gasteiger partial charge in [-0.3, -0.25) is 14.3 Å². The number of hydrogen-bond acceptors (Lipinski definition) is 5. The Hall–Kier alpha value is -3.31. The normalized spacial score (nSPS) is 18.0. The molecule has 2 aliphatic heterocycles. The van der Waals surface area contributed by atoms with E-state index in [1.54, 1.807) is 25.1 Å². The summed E-state index contributed by atoms with van der Waals surface area (Å²) in [5.74, 6) is -1.54. The van der Waals surface area contributed by atoms with Gasteiger partial charge in [0.05, 0.1) is 34.1 Å². The van der Waals surface area contributed by atoms with Crippen LogP contribution in [0.3, 0.4) is 0 Å². The van der Waals surface area contributed by atoms with Gasteiger partial charge in [-0.15, -0.1) is 0 Å². The van der Waals surface area contributed by atoms with Gasteiger partial charge in [0, 0.05) is 23.5 Å². The number of aryl methyl sites for hydroxylation is 1. The minimum Gasteiger partial charge on any atom is -0.481 e. The molecule has 0 radical (unpaired) electrons. The van der Waals surface area contributed by atoms with Crippen molar-refractivity contribution in [2.24, 2.45) is 10.9 Å². The molecule has 12 heteroatoms. The van der Waals surface area contributed by atoms with E-state index in [2.05, 4.69) is 10.1 Å². The predicted octanol–water partition coefficient (Wildman–Crippen LogP) is 5.83. The highest BCUT2D eigenvalue weighted by Gasteiger charge is 2.34. The number of carbonyl (C=O) groups excluding carboxylic acids is 1. The highest BCUT2D eigenvalue weighted by Crippen LogP contribution is 2.35. The van der Waals surface area contributed by atoms with Gasteiger partial charge < -0.3 is 10.0 Å². The zero-order valence-corrected chi connectivity index (χ0v) is 21.7. The van der Waals surface area contributed by atoms with E-state index >= 15 is 0 Å². The third kappa shape index (κ3) is 5.30. The lowest BCUT2D eigenvalue weighted by molar-refractivity contribution is -0.143. The van der Waals surface area contributed by atoms with E-state index in [1.807, 2.05) is 11.0 Å². The maximum absolute atomic E-state index is 13.6. The molecule has 0 saturated carbocycles. The van der Waals surface area contributed by atoms with Gasteiger partial charge in [0.2, 0.25) is 0 Å². The number of carboxylic acids is 1. The smallest absolute Gasteiger partial charge is 0.416 e. The number of benzene rings is 2. The molecule has 0 unspecified atom stereocenters. The number of aromatic nitrogens is 2. The van der Waals surface area contributed by atoms with E-state index < -0.39 is 17.7 Å². The minimum atomic E-state index is -4.55. The summed E-state index contributed by atoms with van der Waals surface area (Å²) < 4.78 is 42.2. The van der Waals surface area contributed by atoms with Crippen LogP contribution in [0.4, 0.5) is 13.2 Å². The minimum absolute atomic E-state index is 0.0106. The van der Waals surface area contributed by atoms with E-state index in [4.69, 9.17) is 11.6 Å². The van der Waals surface area contributed by atoms with Crippen LogP contribution in [-0.2, 0) is 22.3 Å². The molecule has 1 saturated heterocycles. The second-order valence-corrected chi connectivity index (χ2v) is 10.7. The summed E-state index contributed by atoms with van der Waals surface area (Å²) >= 11 is 7.06. The molecule has 2 aliphatic rings. The molecular formula is C26H22ClF3N4O3S. The first kappa shape index (κ1) is 26.3. The maximum atomic E-state index is 13.6. The molecule has 1 N–H and O–H groups in total. The average Bonchev–Trinajstić information content (AvgIpc) is 3.38. The molecule has 1 fully saturated rings. The van der Waals surface area contributed by atoms with E-state index in [0.717, 1.165) is 17.0 Å². The maximum Gasteiger partial charge on any atom is 0.416 e. The van der Waals surface area contributed by atoms with Crippen molar-refractivity contribution in [1.82, 2.24) is 14.7 Å². The number of rotatable bonds is 4. The van der Waals surface area contributed by atoms with Crippen molar-refractivity contribution in [3.05, 3.63) is 68.7 Å². The van der Waals surface area contributed by atoms with Crippen molar-refractivity contribution in [2.45, 2.75) is 32.5 Å². The van der Waals surface area contributed by atoms with Crippen molar-refractivity contribution < 1.29 is 27.9 Å². The summed E-state index contributed by atoms with van der Waals surface area (Å²) in [7, 11) is 0. The Kier molecular flexibility index (Phi) is 6.99. The highest BCUT2D eigenvalue weighted by atomic mass is 35.5. The molecule has 0 aliphatic carbocycles. The van der Waals surface area contributed by atoms with Crippen LogP contribution >= 0.6 is 23.4 Å². The summed E-state index contributed by atoms with van der Waals surface area (Å²) in [6, 6.07) is 9.10. The fourth-order valence-corrected chi connectivity index (χ4v) is 5.82. The van der Waals surface area contributed by atoms with Crippen molar-refractivity contribution in [1.29, 1.82) is 0 Å². The number of alkyl halides is 3. The van der Waals surface area contributed by atoms with E-state index in [1.165, 1.54) is 28.6 Å². The number of amides is 1. The molecular weight excluding hydrogens is 541 g/mol. The van der Waals surface area contributed by atoms with Gasteiger partial charge >= 0.3 is 12.1 Å². The molecule has 5 rings (SSSR count). The second kappa shape index (κ2) is 10.1. The number of likely N-dealkylation sites (tertiary alicyclic amines) is 1. The predicted molar refractivity (Wildman–Crippen MR) is 140 cm³/mol. The summed E-state index contributed by atoms with van der Waals surface area (Å²) in [5, 5.41) is 15.0. The number of amidine groups is 1. The largest absolute Gasteiger partial charge is 0.481 e. The number of aliphatic carboxylic acids is 1. The molecule has 3 aromatic rings. The van der Waals surface area contributed by atoms with Crippen LogP contribution in [0.15, 0.2) is 46.3 Å². The first-order valence-corrected chi connectivity index (χ1v) is 13.0. The molecule has 3 heterocycles.